The van der Waals surface area contributed by atoms with Gasteiger partial charge in [-0.3, -0.25) is 0 Å². The predicted octanol–water partition coefficient (Wildman–Crippen LogP) is 18.1. The molecule has 414 valence electrons. The fraction of sp³-hybridized carbons (Fsp3) is 0.500. The van der Waals surface area contributed by atoms with Gasteiger partial charge in [0.1, 0.15) is 0 Å². The van der Waals surface area contributed by atoms with Crippen LogP contribution in [0, 0.1) is 170 Å². The minimum absolute atomic E-state index is 0. The summed E-state index contributed by atoms with van der Waals surface area (Å²) in [5, 5.41) is 110. The fourth-order valence-corrected chi connectivity index (χ4v) is 0. The van der Waals surface area contributed by atoms with Crippen molar-refractivity contribution >= 4 is 23.4 Å². The molecule has 69 heavy (non-hydrogen) atoms. The second-order valence-corrected chi connectivity index (χ2v) is 12.0. The normalized spacial score (nSPS) is 8.78. The maximum atomic E-state index is 9.87. The van der Waals surface area contributed by atoms with Gasteiger partial charge in [-0.05, 0) is 0 Å². The van der Waals surface area contributed by atoms with Crippen LogP contribution in [0.25, 0.3) is 0 Å². The molecule has 0 bridgehead atoms. The maximum absolute atomic E-state index is 10.7. The van der Waals surface area contributed by atoms with Crippen LogP contribution in [-0.2, 0) is 51.2 Å². The molecule has 0 aliphatic carbocycles. The van der Waals surface area contributed by atoms with Crippen LogP contribution < -0.4 is 0 Å². The number of nitrogens with zero attached hydrogens (tertiary/aromatic N) is 15. The molecule has 0 unspecified atom stereocenters. The largest absolute Gasteiger partial charge is 1.00 e. The zero-order valence-electron chi connectivity index (χ0n) is 38.3. The van der Waals surface area contributed by atoms with E-state index in [1.54, 1.807) is 91.0 Å². The van der Waals surface area contributed by atoms with Gasteiger partial charge in [0.25, 0.3) is 0 Å². The first-order chi connectivity index (χ1) is 28.6. The van der Waals surface area contributed by atoms with Crippen molar-refractivity contribution in [2.75, 3.05) is 0 Å². The topological polar surface area (TPSA) is 357 Å². The van der Waals surface area contributed by atoms with Crippen molar-refractivity contribution in [1.29, 1.82) is 78.9 Å². The van der Waals surface area contributed by atoms with Crippen LogP contribution in [0.15, 0.2) is 0 Å². The summed E-state index contributed by atoms with van der Waals surface area (Å²) >= 11 is 0. The van der Waals surface area contributed by atoms with Crippen molar-refractivity contribution in [3.8, 4) is 91.0 Å². The van der Waals surface area contributed by atoms with Gasteiger partial charge in [-0.2, -0.15) is 78.9 Å². The van der Waals surface area contributed by atoms with E-state index < -0.39 is 23.4 Å². The van der Waals surface area contributed by atoms with Gasteiger partial charge in [-0.25, -0.2) is 0 Å². The van der Waals surface area contributed by atoms with Crippen molar-refractivity contribution in [2.24, 2.45) is 0 Å². The number of hydrogen-bond acceptors (Lipinski definition) is 15. The first kappa shape index (κ1) is 137. The Morgan fingerprint density at radius 1 is 0.159 bits per heavy atom. The zero-order chi connectivity index (χ0) is 59.8. The van der Waals surface area contributed by atoms with Crippen LogP contribution in [0.5, 0.6) is 0 Å². The molecular weight excluding hydrogens is 1200 g/mol. The minimum Gasteiger partial charge on any atom is 1.00 e. The van der Waals surface area contributed by atoms with Gasteiger partial charge in [0.2, 0.25) is 0 Å². The Hall–Kier alpha value is -6.06. The quantitative estimate of drug-likeness (QED) is 0.124. The van der Waals surface area contributed by atoms with E-state index >= 15 is 0 Å². The third kappa shape index (κ3) is 6060. The smallest absolute Gasteiger partial charge is 1.00 e. The monoisotopic (exact) mass is 1240 g/mol. The summed E-state index contributed by atoms with van der Waals surface area (Å²) in [7, 11) is -32.0. The van der Waals surface area contributed by atoms with Gasteiger partial charge in [-0.15, -0.1) is 0 Å². The Labute approximate surface area is 422 Å². The Morgan fingerprint density at radius 3 is 0.159 bits per heavy atom. The molecule has 0 N–H and O–H groups in total. The molecule has 0 aromatic carbocycles. The number of nitriles is 15. The van der Waals surface area contributed by atoms with E-state index in [0.29, 0.717) is 0 Å². The molecule has 0 spiro atoms. The Morgan fingerprint density at radius 2 is 0.159 bits per heavy atom. The molecule has 0 aliphatic heterocycles. The Kier molecular flexibility index (Phi) is 157. The third-order valence-electron chi connectivity index (χ3n) is 0. The SMILES string of the molecule is CC#N.CC#N.CC#N.CC#N.CC#N.CC#N.CC#N.CC#N.CC#N.CC#N.CC#N.CC#N.CC#N.CC#N.CC#N.F[P-](F)(F)(F)(F)F.F[P-](F)(F)(F)(F)F.F[P-](F)(F)(F)(F)F.[Cu+].[Cu+].[Cu+]. The number of hydrogen-bond donors (Lipinski definition) is 0. The van der Waals surface area contributed by atoms with E-state index in [-0.39, 0.29) is 51.2 Å². The van der Waals surface area contributed by atoms with E-state index in [1.165, 1.54) is 104 Å². The van der Waals surface area contributed by atoms with Gasteiger partial charge in [0.05, 0.1) is 91.0 Å². The Balaban J connectivity index is -0.0000000188. The molecule has 15 nitrogen and oxygen atoms in total. The van der Waals surface area contributed by atoms with Crippen molar-refractivity contribution < 1.29 is 127 Å². The molecule has 0 radical (unpaired) electrons. The molecule has 0 aliphatic rings. The van der Waals surface area contributed by atoms with Crippen LogP contribution >= 0.6 is 23.4 Å². The predicted molar refractivity (Wildman–Crippen MR) is 210 cm³/mol. The molecular formula is C30H45Cu3F18N15P3. The third-order valence-corrected chi connectivity index (χ3v) is 0. The summed E-state index contributed by atoms with van der Waals surface area (Å²) < 4.78 is 178. The summed E-state index contributed by atoms with van der Waals surface area (Å²) in [5.74, 6) is 0. The first-order valence-electron chi connectivity index (χ1n) is 13.9. The molecule has 39 heteroatoms. The van der Waals surface area contributed by atoms with E-state index in [9.17, 15) is 75.5 Å². The zero-order valence-corrected chi connectivity index (χ0v) is 43.8. The average Bonchev–Trinajstić information content (AvgIpc) is 2.99. The summed E-state index contributed by atoms with van der Waals surface area (Å²) in [4.78, 5) is 0. The average molecular weight is 1240 g/mol. The Bertz CT molecular complexity index is 1300. The van der Waals surface area contributed by atoms with Gasteiger partial charge < -0.3 is 0 Å². The van der Waals surface area contributed by atoms with E-state index in [2.05, 4.69) is 0 Å². The van der Waals surface area contributed by atoms with Crippen LogP contribution in [-0.4, -0.2) is 0 Å². The second-order valence-electron chi connectivity index (χ2n) is 6.23. The summed E-state index contributed by atoms with van der Waals surface area (Å²) in [6.45, 7) is 21.5. The maximum Gasteiger partial charge on any atom is 1.00 e. The van der Waals surface area contributed by atoms with E-state index in [0.717, 1.165) is 0 Å². The molecule has 0 aromatic rings. The summed E-state index contributed by atoms with van der Waals surface area (Å²) in [6, 6.07) is 26.2. The van der Waals surface area contributed by atoms with Crippen LogP contribution in [0.4, 0.5) is 75.5 Å². The van der Waals surface area contributed by atoms with Crippen molar-refractivity contribution in [3.63, 3.8) is 0 Å². The standard InChI is InChI=1S/15C2H3N.3Cu.3F6P/c15*1-2-3;;;;3*1-7(2,3,4,5)6/h15*1H3;;;;;;/q;;;;;;;;;;;;;;;3*+1;3*-1. The molecule has 0 aromatic heterocycles. The van der Waals surface area contributed by atoms with Crippen LogP contribution in [0.2, 0.25) is 0 Å². The molecule has 0 amide bonds. The summed E-state index contributed by atoms with van der Waals surface area (Å²) in [6.07, 6.45) is 0. The molecule has 0 atom stereocenters. The molecule has 0 heterocycles. The van der Waals surface area contributed by atoms with E-state index in [1.807, 2.05) is 0 Å². The molecule has 0 rings (SSSR count). The van der Waals surface area contributed by atoms with Crippen molar-refractivity contribution in [2.45, 2.75) is 104 Å². The summed E-state index contributed by atoms with van der Waals surface area (Å²) in [5.41, 5.74) is 0. The molecule has 0 saturated carbocycles. The van der Waals surface area contributed by atoms with E-state index in [4.69, 9.17) is 78.9 Å². The van der Waals surface area contributed by atoms with Crippen molar-refractivity contribution in [3.05, 3.63) is 0 Å². The van der Waals surface area contributed by atoms with Gasteiger partial charge >= 0.3 is 150 Å². The van der Waals surface area contributed by atoms with Gasteiger partial charge in [-0.1, -0.05) is 0 Å². The van der Waals surface area contributed by atoms with Crippen molar-refractivity contribution in [1.82, 2.24) is 0 Å². The first-order valence-corrected chi connectivity index (χ1v) is 20.0. The van der Waals surface area contributed by atoms with Crippen LogP contribution in [0.1, 0.15) is 104 Å². The van der Waals surface area contributed by atoms with Gasteiger partial charge in [0, 0.05) is 104 Å². The molecule has 0 saturated heterocycles. The number of halogens is 18. The number of rotatable bonds is 0. The van der Waals surface area contributed by atoms with Crippen LogP contribution in [0.3, 0.4) is 0 Å². The fourth-order valence-electron chi connectivity index (χ4n) is 0. The van der Waals surface area contributed by atoms with Gasteiger partial charge in [0.15, 0.2) is 0 Å². The molecule has 0 fully saturated rings. The minimum atomic E-state index is -10.7. The second kappa shape index (κ2) is 79.1.